The number of hydrogen-bond donors (Lipinski definition) is 0. The molecule has 1 atom stereocenters. The predicted octanol–water partition coefficient (Wildman–Crippen LogP) is 1.38. The summed E-state index contributed by atoms with van der Waals surface area (Å²) in [7, 11) is 2.03. The van der Waals surface area contributed by atoms with E-state index in [2.05, 4.69) is 0 Å². The number of nitrogens with zero attached hydrogens (tertiary/aromatic N) is 3. The van der Waals surface area contributed by atoms with Gasteiger partial charge in [-0.25, -0.2) is 0 Å². The van der Waals surface area contributed by atoms with Crippen molar-refractivity contribution < 1.29 is 14.3 Å². The molecule has 6 nitrogen and oxygen atoms in total. The van der Waals surface area contributed by atoms with Crippen LogP contribution in [0.15, 0.2) is 0 Å². The van der Waals surface area contributed by atoms with E-state index in [1.165, 1.54) is 17.0 Å². The average Bonchev–Trinajstić information content (AvgIpc) is 3.23. The van der Waals surface area contributed by atoms with E-state index in [9.17, 15) is 4.79 Å². The zero-order chi connectivity index (χ0) is 15.8. The van der Waals surface area contributed by atoms with E-state index in [4.69, 9.17) is 14.6 Å². The summed E-state index contributed by atoms with van der Waals surface area (Å²) in [6, 6.07) is 0. The Morgan fingerprint density at radius 2 is 2.04 bits per heavy atom. The molecule has 2 saturated heterocycles. The molecule has 0 aliphatic carbocycles. The zero-order valence-electron chi connectivity index (χ0n) is 13.8. The maximum absolute atomic E-state index is 12.4. The first-order valence-electron chi connectivity index (χ1n) is 8.77. The Hall–Kier alpha value is -1.40. The van der Waals surface area contributed by atoms with Crippen molar-refractivity contribution in [1.82, 2.24) is 14.7 Å². The number of aryl methyl sites for hydroxylation is 1. The molecule has 4 heterocycles. The number of aromatic nitrogens is 2. The standard InChI is InChI=1S/C17H25N3O3/c1-19-14-6-10-22-11-13(14)16(18-19)12-4-7-20(8-5-12)17(21)15-3-2-9-23-15/h12,15H,2-11H2,1H3. The Kier molecular flexibility index (Phi) is 4.11. The van der Waals surface area contributed by atoms with Crippen molar-refractivity contribution in [2.24, 2.45) is 7.05 Å². The quantitative estimate of drug-likeness (QED) is 0.826. The van der Waals surface area contributed by atoms with Gasteiger partial charge in [-0.2, -0.15) is 5.10 Å². The van der Waals surface area contributed by atoms with Crippen molar-refractivity contribution in [1.29, 1.82) is 0 Å². The topological polar surface area (TPSA) is 56.6 Å². The molecule has 0 radical (unpaired) electrons. The van der Waals surface area contributed by atoms with E-state index in [1.807, 2.05) is 16.6 Å². The lowest BCUT2D eigenvalue weighted by atomic mass is 9.90. The van der Waals surface area contributed by atoms with Gasteiger partial charge in [0.25, 0.3) is 5.91 Å². The number of piperidine rings is 1. The molecular formula is C17H25N3O3. The molecule has 4 rings (SSSR count). The van der Waals surface area contributed by atoms with Crippen LogP contribution in [0.3, 0.4) is 0 Å². The number of likely N-dealkylation sites (tertiary alicyclic amines) is 1. The lowest BCUT2D eigenvalue weighted by Crippen LogP contribution is -2.43. The van der Waals surface area contributed by atoms with E-state index in [0.29, 0.717) is 12.5 Å². The van der Waals surface area contributed by atoms with Crippen LogP contribution in [0.2, 0.25) is 0 Å². The van der Waals surface area contributed by atoms with E-state index >= 15 is 0 Å². The monoisotopic (exact) mass is 319 g/mol. The number of carbonyl (C=O) groups excluding carboxylic acids is 1. The van der Waals surface area contributed by atoms with Crippen LogP contribution in [0.5, 0.6) is 0 Å². The van der Waals surface area contributed by atoms with Gasteiger partial charge in [-0.05, 0) is 25.7 Å². The Morgan fingerprint density at radius 3 is 2.78 bits per heavy atom. The van der Waals surface area contributed by atoms with E-state index in [1.54, 1.807) is 0 Å². The van der Waals surface area contributed by atoms with Crippen molar-refractivity contribution in [2.45, 2.75) is 50.7 Å². The second-order valence-electron chi connectivity index (χ2n) is 6.84. The number of hydrogen-bond acceptors (Lipinski definition) is 4. The molecule has 1 unspecified atom stereocenters. The minimum absolute atomic E-state index is 0.187. The summed E-state index contributed by atoms with van der Waals surface area (Å²) in [5, 5.41) is 4.77. The number of amides is 1. The molecule has 126 valence electrons. The first-order valence-corrected chi connectivity index (χ1v) is 8.77. The molecule has 3 aliphatic heterocycles. The smallest absolute Gasteiger partial charge is 0.251 e. The van der Waals surface area contributed by atoms with Crippen molar-refractivity contribution in [3.63, 3.8) is 0 Å². The molecule has 2 fully saturated rings. The fourth-order valence-corrected chi connectivity index (χ4v) is 4.12. The fraction of sp³-hybridized carbons (Fsp3) is 0.765. The predicted molar refractivity (Wildman–Crippen MR) is 84.1 cm³/mol. The molecule has 1 amide bonds. The van der Waals surface area contributed by atoms with E-state index in [0.717, 1.165) is 58.4 Å². The molecule has 6 heteroatoms. The number of carbonyl (C=O) groups is 1. The first kappa shape index (κ1) is 15.1. The molecule has 3 aliphatic rings. The zero-order valence-corrected chi connectivity index (χ0v) is 13.8. The number of ether oxygens (including phenoxy) is 2. The highest BCUT2D eigenvalue weighted by molar-refractivity contribution is 5.81. The second kappa shape index (κ2) is 6.24. The van der Waals surface area contributed by atoms with Gasteiger partial charge in [-0.15, -0.1) is 0 Å². The summed E-state index contributed by atoms with van der Waals surface area (Å²) in [6.07, 6.45) is 4.62. The Balaban J connectivity index is 1.43. The lowest BCUT2D eigenvalue weighted by molar-refractivity contribution is -0.142. The van der Waals surface area contributed by atoms with Gasteiger partial charge >= 0.3 is 0 Å². The minimum Gasteiger partial charge on any atom is -0.376 e. The molecule has 1 aromatic rings. The van der Waals surface area contributed by atoms with Gasteiger partial charge in [0.15, 0.2) is 0 Å². The average molecular weight is 319 g/mol. The normalized spacial score (nSPS) is 25.6. The molecule has 0 N–H and O–H groups in total. The maximum Gasteiger partial charge on any atom is 0.251 e. The summed E-state index contributed by atoms with van der Waals surface area (Å²) in [6.45, 7) is 3.84. The van der Waals surface area contributed by atoms with Gasteiger partial charge in [0.1, 0.15) is 6.10 Å². The summed E-state index contributed by atoms with van der Waals surface area (Å²) < 4.78 is 13.2. The highest BCUT2D eigenvalue weighted by Gasteiger charge is 2.33. The molecular weight excluding hydrogens is 294 g/mol. The summed E-state index contributed by atoms with van der Waals surface area (Å²) >= 11 is 0. The van der Waals surface area contributed by atoms with E-state index in [-0.39, 0.29) is 12.0 Å². The third-order valence-electron chi connectivity index (χ3n) is 5.43. The molecule has 0 spiro atoms. The summed E-state index contributed by atoms with van der Waals surface area (Å²) in [5.41, 5.74) is 3.82. The Labute approximate surface area is 136 Å². The van der Waals surface area contributed by atoms with Crippen LogP contribution in [-0.2, 0) is 34.3 Å². The lowest BCUT2D eigenvalue weighted by Gasteiger charge is -2.33. The van der Waals surface area contributed by atoms with Gasteiger partial charge in [-0.1, -0.05) is 0 Å². The second-order valence-corrected chi connectivity index (χ2v) is 6.84. The molecule has 0 saturated carbocycles. The van der Waals surface area contributed by atoms with Crippen LogP contribution in [0.25, 0.3) is 0 Å². The minimum atomic E-state index is -0.192. The number of rotatable bonds is 2. The van der Waals surface area contributed by atoms with Crippen LogP contribution in [0.1, 0.15) is 48.6 Å². The molecule has 0 aromatic carbocycles. The van der Waals surface area contributed by atoms with Crippen molar-refractivity contribution in [3.8, 4) is 0 Å². The third-order valence-corrected chi connectivity index (χ3v) is 5.43. The van der Waals surface area contributed by atoms with Crippen LogP contribution < -0.4 is 0 Å². The van der Waals surface area contributed by atoms with Crippen LogP contribution in [-0.4, -0.2) is 53.0 Å². The first-order chi connectivity index (χ1) is 11.2. The fourth-order valence-electron chi connectivity index (χ4n) is 4.12. The molecule has 23 heavy (non-hydrogen) atoms. The molecule has 1 aromatic heterocycles. The van der Waals surface area contributed by atoms with E-state index < -0.39 is 0 Å². The van der Waals surface area contributed by atoms with Crippen molar-refractivity contribution in [2.75, 3.05) is 26.3 Å². The van der Waals surface area contributed by atoms with Gasteiger partial charge in [-0.3, -0.25) is 9.48 Å². The third kappa shape index (κ3) is 2.78. The van der Waals surface area contributed by atoms with Gasteiger partial charge < -0.3 is 14.4 Å². The largest absolute Gasteiger partial charge is 0.376 e. The number of fused-ring (bicyclic) bond motifs is 1. The summed E-state index contributed by atoms with van der Waals surface area (Å²) in [4.78, 5) is 14.4. The Morgan fingerprint density at radius 1 is 1.22 bits per heavy atom. The summed E-state index contributed by atoms with van der Waals surface area (Å²) in [5.74, 6) is 0.632. The highest BCUT2D eigenvalue weighted by Crippen LogP contribution is 2.33. The van der Waals surface area contributed by atoms with Gasteiger partial charge in [0.05, 0.1) is 18.9 Å². The van der Waals surface area contributed by atoms with Crippen LogP contribution in [0.4, 0.5) is 0 Å². The highest BCUT2D eigenvalue weighted by atomic mass is 16.5. The molecule has 0 bridgehead atoms. The van der Waals surface area contributed by atoms with Crippen molar-refractivity contribution >= 4 is 5.91 Å². The van der Waals surface area contributed by atoms with Gasteiger partial charge in [0.2, 0.25) is 0 Å². The van der Waals surface area contributed by atoms with Crippen LogP contribution >= 0.6 is 0 Å². The Bertz CT molecular complexity index is 584. The van der Waals surface area contributed by atoms with Crippen molar-refractivity contribution in [3.05, 3.63) is 17.0 Å². The van der Waals surface area contributed by atoms with Crippen LogP contribution in [0, 0.1) is 0 Å². The SMILES string of the molecule is Cn1nc(C2CCN(C(=O)C3CCCO3)CC2)c2c1CCOC2. The maximum atomic E-state index is 12.4. The van der Waals surface area contributed by atoms with Gasteiger partial charge in [0, 0.05) is 50.3 Å².